The minimum absolute atomic E-state index is 0.128. The molecule has 0 atom stereocenters. The Morgan fingerprint density at radius 3 is 2.71 bits per heavy atom. The van der Waals surface area contributed by atoms with Gasteiger partial charge in [0, 0.05) is 17.8 Å². The average molecular weight is 323 g/mol. The van der Waals surface area contributed by atoms with Gasteiger partial charge in [-0.2, -0.15) is 0 Å². The SMILES string of the molecule is COC(=O)CCN(C(=O)c1ccc2nc[nH]c2c1)c1ccccc1. The maximum atomic E-state index is 13.0. The summed E-state index contributed by atoms with van der Waals surface area (Å²) in [6, 6.07) is 14.6. The minimum Gasteiger partial charge on any atom is -0.469 e. The molecule has 0 saturated heterocycles. The van der Waals surface area contributed by atoms with Gasteiger partial charge in [-0.25, -0.2) is 4.98 Å². The Balaban J connectivity index is 1.91. The molecule has 0 spiro atoms. The molecule has 3 aromatic rings. The van der Waals surface area contributed by atoms with Crippen molar-refractivity contribution >= 4 is 28.6 Å². The molecule has 1 aromatic heterocycles. The van der Waals surface area contributed by atoms with Gasteiger partial charge in [-0.15, -0.1) is 0 Å². The van der Waals surface area contributed by atoms with Crippen LogP contribution in [0.15, 0.2) is 54.9 Å². The average Bonchev–Trinajstić information content (AvgIpc) is 3.10. The fourth-order valence-electron chi connectivity index (χ4n) is 2.49. The second kappa shape index (κ2) is 6.95. The van der Waals surface area contributed by atoms with Gasteiger partial charge in [0.2, 0.25) is 0 Å². The van der Waals surface area contributed by atoms with Gasteiger partial charge in [-0.05, 0) is 30.3 Å². The van der Waals surface area contributed by atoms with E-state index in [0.29, 0.717) is 5.56 Å². The van der Waals surface area contributed by atoms with E-state index in [1.807, 2.05) is 30.3 Å². The van der Waals surface area contributed by atoms with Gasteiger partial charge in [0.1, 0.15) is 0 Å². The number of fused-ring (bicyclic) bond motifs is 1. The Hall–Kier alpha value is -3.15. The van der Waals surface area contributed by atoms with E-state index in [0.717, 1.165) is 16.7 Å². The number of para-hydroxylation sites is 1. The van der Waals surface area contributed by atoms with Gasteiger partial charge in [0.15, 0.2) is 0 Å². The van der Waals surface area contributed by atoms with Crippen LogP contribution in [-0.2, 0) is 9.53 Å². The summed E-state index contributed by atoms with van der Waals surface area (Å²) in [7, 11) is 1.34. The molecular formula is C18H17N3O3. The summed E-state index contributed by atoms with van der Waals surface area (Å²) < 4.78 is 4.68. The Labute approximate surface area is 139 Å². The van der Waals surface area contributed by atoms with Crippen molar-refractivity contribution in [1.82, 2.24) is 9.97 Å². The summed E-state index contributed by atoms with van der Waals surface area (Å²) in [5.74, 6) is -0.533. The molecule has 6 nitrogen and oxygen atoms in total. The number of ether oxygens (including phenoxy) is 1. The molecule has 0 fully saturated rings. The highest BCUT2D eigenvalue weighted by atomic mass is 16.5. The lowest BCUT2D eigenvalue weighted by Gasteiger charge is -2.22. The van der Waals surface area contributed by atoms with E-state index >= 15 is 0 Å². The third kappa shape index (κ3) is 3.27. The van der Waals surface area contributed by atoms with Crippen molar-refractivity contribution in [2.75, 3.05) is 18.6 Å². The summed E-state index contributed by atoms with van der Waals surface area (Å²) in [6.07, 6.45) is 1.72. The fraction of sp³-hybridized carbons (Fsp3) is 0.167. The fourth-order valence-corrected chi connectivity index (χ4v) is 2.49. The lowest BCUT2D eigenvalue weighted by Crippen LogP contribution is -2.33. The lowest BCUT2D eigenvalue weighted by molar-refractivity contribution is -0.140. The number of methoxy groups -OCH3 is 1. The topological polar surface area (TPSA) is 75.3 Å². The number of carbonyl (C=O) groups excluding carboxylic acids is 2. The Bertz CT molecular complexity index is 858. The lowest BCUT2D eigenvalue weighted by atomic mass is 10.1. The van der Waals surface area contributed by atoms with Crippen LogP contribution in [0.1, 0.15) is 16.8 Å². The molecule has 122 valence electrons. The molecule has 1 heterocycles. The Morgan fingerprint density at radius 2 is 1.96 bits per heavy atom. The third-order valence-corrected chi connectivity index (χ3v) is 3.75. The van der Waals surface area contributed by atoms with E-state index < -0.39 is 0 Å². The van der Waals surface area contributed by atoms with E-state index in [-0.39, 0.29) is 24.8 Å². The van der Waals surface area contributed by atoms with Crippen LogP contribution in [0.5, 0.6) is 0 Å². The van der Waals surface area contributed by atoms with Crippen molar-refractivity contribution in [2.45, 2.75) is 6.42 Å². The quantitative estimate of drug-likeness (QED) is 0.733. The van der Waals surface area contributed by atoms with Crippen molar-refractivity contribution in [3.63, 3.8) is 0 Å². The van der Waals surface area contributed by atoms with E-state index in [4.69, 9.17) is 0 Å². The van der Waals surface area contributed by atoms with Crippen LogP contribution in [0, 0.1) is 0 Å². The van der Waals surface area contributed by atoms with Crippen molar-refractivity contribution < 1.29 is 14.3 Å². The van der Waals surface area contributed by atoms with Gasteiger partial charge < -0.3 is 14.6 Å². The second-order valence-corrected chi connectivity index (χ2v) is 5.25. The number of aromatic amines is 1. The molecule has 6 heteroatoms. The van der Waals surface area contributed by atoms with E-state index in [2.05, 4.69) is 14.7 Å². The summed E-state index contributed by atoms with van der Waals surface area (Å²) in [6.45, 7) is 0.247. The Kier molecular flexibility index (Phi) is 4.56. The molecule has 24 heavy (non-hydrogen) atoms. The van der Waals surface area contributed by atoms with E-state index in [1.165, 1.54) is 7.11 Å². The molecular weight excluding hydrogens is 306 g/mol. The van der Waals surface area contributed by atoms with Crippen molar-refractivity contribution in [3.05, 3.63) is 60.4 Å². The molecule has 0 aliphatic heterocycles. The van der Waals surface area contributed by atoms with Crippen LogP contribution < -0.4 is 4.90 Å². The maximum Gasteiger partial charge on any atom is 0.307 e. The summed E-state index contributed by atoms with van der Waals surface area (Å²) in [5.41, 5.74) is 2.85. The number of carbonyl (C=O) groups is 2. The second-order valence-electron chi connectivity index (χ2n) is 5.25. The number of hydrogen-bond acceptors (Lipinski definition) is 4. The zero-order valence-electron chi connectivity index (χ0n) is 13.2. The van der Waals surface area contributed by atoms with Crippen LogP contribution in [0.3, 0.4) is 0 Å². The number of imidazole rings is 1. The summed E-state index contributed by atoms with van der Waals surface area (Å²) >= 11 is 0. The number of amides is 1. The third-order valence-electron chi connectivity index (χ3n) is 3.75. The van der Waals surface area contributed by atoms with Gasteiger partial charge in [-0.1, -0.05) is 18.2 Å². The van der Waals surface area contributed by atoms with Gasteiger partial charge >= 0.3 is 5.97 Å². The van der Waals surface area contributed by atoms with Crippen LogP contribution in [0.4, 0.5) is 5.69 Å². The molecule has 0 unspecified atom stereocenters. The van der Waals surface area contributed by atoms with Crippen LogP contribution in [0.2, 0.25) is 0 Å². The van der Waals surface area contributed by atoms with Crippen molar-refractivity contribution in [3.8, 4) is 0 Å². The van der Waals surface area contributed by atoms with Crippen LogP contribution >= 0.6 is 0 Å². The zero-order chi connectivity index (χ0) is 16.9. The first-order chi connectivity index (χ1) is 11.7. The molecule has 0 aliphatic carbocycles. The first kappa shape index (κ1) is 15.7. The normalized spacial score (nSPS) is 10.5. The predicted molar refractivity (Wildman–Crippen MR) is 90.8 cm³/mol. The number of hydrogen-bond donors (Lipinski definition) is 1. The standard InChI is InChI=1S/C18H17N3O3/c1-24-17(22)9-10-21(14-5-3-2-4-6-14)18(23)13-7-8-15-16(11-13)20-12-19-15/h2-8,11-12H,9-10H2,1H3,(H,19,20). The molecule has 0 aliphatic rings. The highest BCUT2D eigenvalue weighted by Gasteiger charge is 2.19. The van der Waals surface area contributed by atoms with Gasteiger partial charge in [0.25, 0.3) is 5.91 Å². The van der Waals surface area contributed by atoms with Gasteiger partial charge in [-0.3, -0.25) is 9.59 Å². The van der Waals surface area contributed by atoms with Gasteiger partial charge in [0.05, 0.1) is 30.9 Å². The highest BCUT2D eigenvalue weighted by Crippen LogP contribution is 2.19. The number of esters is 1. The molecule has 2 aromatic carbocycles. The molecule has 1 amide bonds. The van der Waals surface area contributed by atoms with Crippen LogP contribution in [-0.4, -0.2) is 35.5 Å². The van der Waals surface area contributed by atoms with Crippen molar-refractivity contribution in [1.29, 1.82) is 0 Å². The number of H-pyrrole nitrogens is 1. The first-order valence-electron chi connectivity index (χ1n) is 7.56. The number of aromatic nitrogens is 2. The molecule has 0 bridgehead atoms. The monoisotopic (exact) mass is 323 g/mol. The molecule has 3 rings (SSSR count). The largest absolute Gasteiger partial charge is 0.469 e. The zero-order valence-corrected chi connectivity index (χ0v) is 13.2. The molecule has 1 N–H and O–H groups in total. The molecule has 0 saturated carbocycles. The highest BCUT2D eigenvalue weighted by molar-refractivity contribution is 6.07. The number of benzene rings is 2. The van der Waals surface area contributed by atoms with E-state index in [1.54, 1.807) is 29.4 Å². The van der Waals surface area contributed by atoms with E-state index in [9.17, 15) is 9.59 Å². The first-order valence-corrected chi connectivity index (χ1v) is 7.56. The minimum atomic E-state index is -0.354. The summed E-state index contributed by atoms with van der Waals surface area (Å²) in [5, 5.41) is 0. The number of anilines is 1. The smallest absolute Gasteiger partial charge is 0.307 e. The predicted octanol–water partition coefficient (Wildman–Crippen LogP) is 2.77. The number of nitrogens with one attached hydrogen (secondary N) is 1. The Morgan fingerprint density at radius 1 is 1.17 bits per heavy atom. The van der Waals surface area contributed by atoms with Crippen molar-refractivity contribution in [2.24, 2.45) is 0 Å². The maximum absolute atomic E-state index is 13.0. The number of rotatable bonds is 5. The summed E-state index contributed by atoms with van der Waals surface area (Å²) in [4.78, 5) is 33.2. The van der Waals surface area contributed by atoms with Crippen LogP contribution in [0.25, 0.3) is 11.0 Å². The number of nitrogens with zero attached hydrogens (tertiary/aromatic N) is 2. The molecule has 0 radical (unpaired) electrons.